The molecule has 23 heavy (non-hydrogen) atoms. The van der Waals surface area contributed by atoms with Crippen LogP contribution in [0.4, 0.5) is 0 Å². The van der Waals surface area contributed by atoms with Crippen molar-refractivity contribution in [2.24, 2.45) is 5.92 Å². The van der Waals surface area contributed by atoms with E-state index in [0.717, 1.165) is 32.7 Å². The molecule has 0 aromatic carbocycles. The largest absolute Gasteiger partial charge is 0.304 e. The van der Waals surface area contributed by atoms with E-state index < -0.39 is 0 Å². The Morgan fingerprint density at radius 2 is 1.61 bits per heavy atom. The third-order valence-corrected chi connectivity index (χ3v) is 4.83. The average molecular weight is 325 g/mol. The van der Waals surface area contributed by atoms with Gasteiger partial charge in [-0.15, -0.1) is 0 Å². The highest BCUT2D eigenvalue weighted by atomic mass is 16.6. The lowest BCUT2D eigenvalue weighted by Gasteiger charge is -2.23. The summed E-state index contributed by atoms with van der Waals surface area (Å²) in [5, 5.41) is 0. The zero-order valence-electron chi connectivity index (χ0n) is 15.9. The lowest BCUT2D eigenvalue weighted by molar-refractivity contribution is 0.0293. The molecule has 1 rings (SSSR count). The van der Waals surface area contributed by atoms with Crippen LogP contribution < -0.4 is 5.48 Å². The minimum Gasteiger partial charge on any atom is -0.304 e. The van der Waals surface area contributed by atoms with Crippen LogP contribution in [-0.2, 0) is 4.84 Å². The SMILES string of the molecule is CCN(CC)CC(C)CONC1=CCCCCCCCCCC1. The van der Waals surface area contributed by atoms with Gasteiger partial charge in [0.25, 0.3) is 0 Å². The van der Waals surface area contributed by atoms with Crippen molar-refractivity contribution in [3.8, 4) is 0 Å². The van der Waals surface area contributed by atoms with Crippen molar-refractivity contribution in [1.29, 1.82) is 0 Å². The van der Waals surface area contributed by atoms with Crippen LogP contribution in [0.1, 0.15) is 85.0 Å². The van der Waals surface area contributed by atoms with Gasteiger partial charge in [-0.2, -0.15) is 0 Å². The lowest BCUT2D eigenvalue weighted by atomic mass is 10.0. The van der Waals surface area contributed by atoms with Gasteiger partial charge in [0.05, 0.1) is 6.61 Å². The molecule has 0 saturated carbocycles. The molecule has 0 aromatic rings. The number of nitrogens with one attached hydrogen (secondary N) is 1. The van der Waals surface area contributed by atoms with Crippen molar-refractivity contribution in [3.63, 3.8) is 0 Å². The van der Waals surface area contributed by atoms with Gasteiger partial charge in [0, 0.05) is 12.2 Å². The summed E-state index contributed by atoms with van der Waals surface area (Å²) in [5.41, 5.74) is 4.56. The van der Waals surface area contributed by atoms with Crippen molar-refractivity contribution < 1.29 is 4.84 Å². The average Bonchev–Trinajstić information content (AvgIpc) is 2.54. The highest BCUT2D eigenvalue weighted by Crippen LogP contribution is 2.15. The van der Waals surface area contributed by atoms with Gasteiger partial charge in [-0.25, -0.2) is 0 Å². The summed E-state index contributed by atoms with van der Waals surface area (Å²) in [6, 6.07) is 0. The van der Waals surface area contributed by atoms with Gasteiger partial charge in [0.15, 0.2) is 0 Å². The van der Waals surface area contributed by atoms with E-state index in [9.17, 15) is 0 Å². The van der Waals surface area contributed by atoms with E-state index in [1.165, 1.54) is 63.5 Å². The Balaban J connectivity index is 2.27. The molecule has 1 atom stereocenters. The molecule has 0 bridgehead atoms. The topological polar surface area (TPSA) is 24.5 Å². The third kappa shape index (κ3) is 10.8. The van der Waals surface area contributed by atoms with Crippen molar-refractivity contribution in [2.45, 2.75) is 85.0 Å². The second-order valence-corrected chi connectivity index (χ2v) is 7.10. The molecule has 136 valence electrons. The first kappa shape index (κ1) is 20.5. The van der Waals surface area contributed by atoms with E-state index in [2.05, 4.69) is 37.2 Å². The quantitative estimate of drug-likeness (QED) is 0.614. The fourth-order valence-corrected chi connectivity index (χ4v) is 3.24. The summed E-state index contributed by atoms with van der Waals surface area (Å²) in [7, 11) is 0. The molecule has 0 aromatic heterocycles. The summed E-state index contributed by atoms with van der Waals surface area (Å²) in [4.78, 5) is 8.27. The second-order valence-electron chi connectivity index (χ2n) is 7.10. The van der Waals surface area contributed by atoms with E-state index in [-0.39, 0.29) is 0 Å². The standard InChI is InChI=1S/C20H40N2O/c1-4-22(5-2)17-19(3)18-23-21-20-15-13-11-9-7-6-8-10-12-14-16-20/h15,19,21H,4-14,16-18H2,1-3H3. The van der Waals surface area contributed by atoms with E-state index in [4.69, 9.17) is 4.84 Å². The normalized spacial score (nSPS) is 19.6. The molecule has 0 fully saturated rings. The monoisotopic (exact) mass is 324 g/mol. The Morgan fingerprint density at radius 1 is 1.00 bits per heavy atom. The minimum atomic E-state index is 0.564. The van der Waals surface area contributed by atoms with Gasteiger partial charge in [0.2, 0.25) is 0 Å². The summed E-state index contributed by atoms with van der Waals surface area (Å²) in [5.74, 6) is 0.564. The molecular weight excluding hydrogens is 284 g/mol. The maximum absolute atomic E-state index is 5.80. The van der Waals surface area contributed by atoms with Crippen LogP contribution in [0.2, 0.25) is 0 Å². The summed E-state index contributed by atoms with van der Waals surface area (Å²) in [6.45, 7) is 10.9. The Bertz CT molecular complexity index is 300. The molecule has 3 heteroatoms. The smallest absolute Gasteiger partial charge is 0.0783 e. The van der Waals surface area contributed by atoms with E-state index in [1.54, 1.807) is 0 Å². The van der Waals surface area contributed by atoms with Crippen molar-refractivity contribution >= 4 is 0 Å². The zero-order chi connectivity index (χ0) is 16.8. The Kier molecular flexibility index (Phi) is 12.4. The first-order valence-corrected chi connectivity index (χ1v) is 10.1. The van der Waals surface area contributed by atoms with Crippen LogP contribution in [0.5, 0.6) is 0 Å². The molecule has 1 aliphatic carbocycles. The van der Waals surface area contributed by atoms with Crippen molar-refractivity contribution in [3.05, 3.63) is 11.8 Å². The first-order valence-electron chi connectivity index (χ1n) is 10.1. The molecule has 0 saturated heterocycles. The Hall–Kier alpha value is -0.540. The predicted molar refractivity (Wildman–Crippen MR) is 100 cm³/mol. The van der Waals surface area contributed by atoms with E-state index in [1.807, 2.05) is 0 Å². The maximum atomic E-state index is 5.80. The number of hydrogen-bond donors (Lipinski definition) is 1. The Labute approximate surface area is 144 Å². The molecule has 0 radical (unpaired) electrons. The van der Waals surface area contributed by atoms with Crippen LogP contribution in [0.25, 0.3) is 0 Å². The molecule has 1 aliphatic rings. The van der Waals surface area contributed by atoms with E-state index in [0.29, 0.717) is 5.92 Å². The number of allylic oxidation sites excluding steroid dienone is 2. The fraction of sp³-hybridized carbons (Fsp3) is 0.900. The van der Waals surface area contributed by atoms with Gasteiger partial charge in [-0.05, 0) is 44.7 Å². The predicted octanol–water partition coefficient (Wildman–Crippen LogP) is 5.28. The number of hydroxylamine groups is 1. The van der Waals surface area contributed by atoms with Gasteiger partial charge >= 0.3 is 0 Å². The first-order chi connectivity index (χ1) is 11.3. The summed E-state index contributed by atoms with van der Waals surface area (Å²) in [6.07, 6.45) is 15.7. The molecule has 1 unspecified atom stereocenters. The van der Waals surface area contributed by atoms with Gasteiger partial charge < -0.3 is 4.90 Å². The molecule has 0 spiro atoms. The molecule has 0 aliphatic heterocycles. The highest BCUT2D eigenvalue weighted by Gasteiger charge is 2.08. The zero-order valence-corrected chi connectivity index (χ0v) is 15.9. The van der Waals surface area contributed by atoms with Gasteiger partial charge in [-0.3, -0.25) is 10.3 Å². The number of nitrogens with zero attached hydrogens (tertiary/aromatic N) is 1. The highest BCUT2D eigenvalue weighted by molar-refractivity contribution is 4.97. The van der Waals surface area contributed by atoms with Crippen molar-refractivity contribution in [2.75, 3.05) is 26.2 Å². The number of rotatable bonds is 8. The summed E-state index contributed by atoms with van der Waals surface area (Å²) >= 11 is 0. The molecular formula is C20H40N2O. The van der Waals surface area contributed by atoms with Crippen LogP contribution >= 0.6 is 0 Å². The van der Waals surface area contributed by atoms with E-state index >= 15 is 0 Å². The van der Waals surface area contributed by atoms with Crippen molar-refractivity contribution in [1.82, 2.24) is 10.4 Å². The molecule has 3 nitrogen and oxygen atoms in total. The number of hydrogen-bond acceptors (Lipinski definition) is 3. The van der Waals surface area contributed by atoms with Gasteiger partial charge in [0.1, 0.15) is 0 Å². The Morgan fingerprint density at radius 3 is 2.26 bits per heavy atom. The lowest BCUT2D eigenvalue weighted by Crippen LogP contribution is -2.31. The maximum Gasteiger partial charge on any atom is 0.0783 e. The molecule has 0 amide bonds. The van der Waals surface area contributed by atoms with Crippen LogP contribution in [0.3, 0.4) is 0 Å². The van der Waals surface area contributed by atoms with Crippen LogP contribution in [0, 0.1) is 5.92 Å². The van der Waals surface area contributed by atoms with Crippen LogP contribution in [0.15, 0.2) is 11.8 Å². The summed E-state index contributed by atoms with van der Waals surface area (Å²) < 4.78 is 0. The second kappa shape index (κ2) is 13.9. The minimum absolute atomic E-state index is 0.564. The third-order valence-electron chi connectivity index (χ3n) is 4.83. The van der Waals surface area contributed by atoms with Crippen LogP contribution in [-0.4, -0.2) is 31.1 Å². The fourth-order valence-electron chi connectivity index (χ4n) is 3.24. The molecule has 0 heterocycles. The van der Waals surface area contributed by atoms with Gasteiger partial charge in [-0.1, -0.05) is 65.4 Å². The molecule has 1 N–H and O–H groups in total.